The van der Waals surface area contributed by atoms with E-state index in [-0.39, 0.29) is 10.7 Å². The summed E-state index contributed by atoms with van der Waals surface area (Å²) in [6.07, 6.45) is 0. The van der Waals surface area contributed by atoms with Gasteiger partial charge < -0.3 is 11.1 Å². The molecule has 2 rings (SSSR count). The fourth-order valence-corrected chi connectivity index (χ4v) is 1.93. The maximum absolute atomic E-state index is 13.6. The number of hydrogen-bond donors (Lipinski definition) is 2. The Morgan fingerprint density at radius 3 is 2.33 bits per heavy atom. The predicted molar refractivity (Wildman–Crippen MR) is 70.5 cm³/mol. The van der Waals surface area contributed by atoms with Crippen molar-refractivity contribution in [3.8, 4) is 0 Å². The van der Waals surface area contributed by atoms with Gasteiger partial charge in [-0.15, -0.1) is 0 Å². The maximum Gasteiger partial charge on any atom is 0.151 e. The molecule has 2 nitrogen and oxygen atoms in total. The number of halogens is 4. The summed E-state index contributed by atoms with van der Waals surface area (Å²) < 4.78 is 26.5. The monoisotopic (exact) mass is 288 g/mol. The van der Waals surface area contributed by atoms with Crippen LogP contribution in [-0.4, -0.2) is 0 Å². The van der Waals surface area contributed by atoms with Gasteiger partial charge in [0.2, 0.25) is 0 Å². The number of nitrogens with one attached hydrogen (secondary N) is 1. The van der Waals surface area contributed by atoms with Crippen LogP contribution in [0.2, 0.25) is 10.0 Å². The van der Waals surface area contributed by atoms with Gasteiger partial charge in [0.1, 0.15) is 5.82 Å². The second-order valence-electron chi connectivity index (χ2n) is 3.57. The highest BCUT2D eigenvalue weighted by Gasteiger charge is 2.13. The molecule has 2 aromatic rings. The van der Waals surface area contributed by atoms with Crippen LogP contribution in [0, 0.1) is 11.6 Å². The topological polar surface area (TPSA) is 38.0 Å². The van der Waals surface area contributed by atoms with Crippen LogP contribution in [0.5, 0.6) is 0 Å². The second-order valence-corrected chi connectivity index (χ2v) is 4.39. The molecule has 0 bridgehead atoms. The van der Waals surface area contributed by atoms with Crippen LogP contribution in [0.15, 0.2) is 30.3 Å². The Labute approximate surface area is 112 Å². The molecule has 3 N–H and O–H groups in total. The Bertz CT molecular complexity index is 559. The Kier molecular flexibility index (Phi) is 3.59. The van der Waals surface area contributed by atoms with Crippen molar-refractivity contribution in [1.29, 1.82) is 0 Å². The highest BCUT2D eigenvalue weighted by molar-refractivity contribution is 6.35. The molecule has 0 heterocycles. The molecule has 0 aliphatic heterocycles. The molecule has 0 saturated carbocycles. The first-order chi connectivity index (χ1) is 8.49. The van der Waals surface area contributed by atoms with Crippen molar-refractivity contribution < 1.29 is 8.78 Å². The van der Waals surface area contributed by atoms with Gasteiger partial charge in [0.25, 0.3) is 0 Å². The van der Waals surface area contributed by atoms with Crippen molar-refractivity contribution in [2.75, 3.05) is 11.1 Å². The number of hydrogen-bond acceptors (Lipinski definition) is 2. The zero-order valence-corrected chi connectivity index (χ0v) is 10.5. The van der Waals surface area contributed by atoms with Crippen LogP contribution in [-0.2, 0) is 0 Å². The molecule has 0 aliphatic carbocycles. The van der Waals surface area contributed by atoms with Crippen LogP contribution in [0.1, 0.15) is 0 Å². The summed E-state index contributed by atoms with van der Waals surface area (Å²) in [5.41, 5.74) is 6.30. The first-order valence-electron chi connectivity index (χ1n) is 4.94. The van der Waals surface area contributed by atoms with Crippen molar-refractivity contribution in [2.24, 2.45) is 0 Å². The summed E-state index contributed by atoms with van der Waals surface area (Å²) in [4.78, 5) is 0. The lowest BCUT2D eigenvalue weighted by atomic mass is 10.2. The standard InChI is InChI=1S/C12H8Cl2F2N2/c13-7-2-1-3-10(17)12(7)18-11-8(14)4-6(15)5-9(11)16/h1-5,18H,17H2. The Balaban J connectivity index is 2.47. The van der Waals surface area contributed by atoms with Gasteiger partial charge in [-0.2, -0.15) is 0 Å². The van der Waals surface area contributed by atoms with E-state index in [4.69, 9.17) is 28.9 Å². The second kappa shape index (κ2) is 5.00. The maximum atomic E-state index is 13.6. The average molecular weight is 289 g/mol. The molecule has 0 amide bonds. The van der Waals surface area contributed by atoms with Gasteiger partial charge in [0, 0.05) is 6.07 Å². The van der Waals surface area contributed by atoms with Gasteiger partial charge in [-0.05, 0) is 18.2 Å². The van der Waals surface area contributed by atoms with Crippen molar-refractivity contribution in [3.05, 3.63) is 52.0 Å². The zero-order chi connectivity index (χ0) is 13.3. The molecule has 0 aliphatic rings. The third kappa shape index (κ3) is 2.49. The Morgan fingerprint density at radius 2 is 1.72 bits per heavy atom. The summed E-state index contributed by atoms with van der Waals surface area (Å²) in [5.74, 6) is -1.57. The highest BCUT2D eigenvalue weighted by Crippen LogP contribution is 2.35. The van der Waals surface area contributed by atoms with Crippen LogP contribution >= 0.6 is 23.2 Å². The summed E-state index contributed by atoms with van der Waals surface area (Å²) in [5, 5.41) is 2.90. The summed E-state index contributed by atoms with van der Waals surface area (Å²) in [7, 11) is 0. The van der Waals surface area contributed by atoms with Crippen LogP contribution in [0.4, 0.5) is 25.8 Å². The zero-order valence-electron chi connectivity index (χ0n) is 8.98. The van der Waals surface area contributed by atoms with E-state index >= 15 is 0 Å². The van der Waals surface area contributed by atoms with Crippen molar-refractivity contribution >= 4 is 40.3 Å². The van der Waals surface area contributed by atoms with E-state index in [1.54, 1.807) is 18.2 Å². The van der Waals surface area contributed by atoms with Gasteiger partial charge in [0.15, 0.2) is 5.82 Å². The first kappa shape index (κ1) is 12.9. The van der Waals surface area contributed by atoms with Crippen LogP contribution in [0.25, 0.3) is 0 Å². The van der Waals surface area contributed by atoms with Crippen molar-refractivity contribution in [2.45, 2.75) is 0 Å². The van der Waals surface area contributed by atoms with E-state index in [0.29, 0.717) is 16.4 Å². The fourth-order valence-electron chi connectivity index (χ4n) is 1.46. The third-order valence-corrected chi connectivity index (χ3v) is 2.92. The smallest absolute Gasteiger partial charge is 0.151 e. The SMILES string of the molecule is Nc1cccc(Cl)c1Nc1c(F)cc(F)cc1Cl. The largest absolute Gasteiger partial charge is 0.397 e. The molecule has 0 unspecified atom stereocenters. The van der Waals surface area contributed by atoms with Gasteiger partial charge in [-0.3, -0.25) is 0 Å². The lowest BCUT2D eigenvalue weighted by Gasteiger charge is -2.13. The molecule has 0 saturated heterocycles. The lowest BCUT2D eigenvalue weighted by Crippen LogP contribution is -2.00. The summed E-state index contributed by atoms with van der Waals surface area (Å²) in [6, 6.07) is 6.58. The van der Waals surface area contributed by atoms with Gasteiger partial charge in [-0.25, -0.2) is 8.78 Å². The fraction of sp³-hybridized carbons (Fsp3) is 0. The number of para-hydroxylation sites is 1. The normalized spacial score (nSPS) is 10.4. The van der Waals surface area contributed by atoms with Gasteiger partial charge in [-0.1, -0.05) is 29.3 Å². The van der Waals surface area contributed by atoms with Gasteiger partial charge >= 0.3 is 0 Å². The minimum absolute atomic E-state index is 0.0714. The van der Waals surface area contributed by atoms with E-state index in [0.717, 1.165) is 12.1 Å². The molecule has 0 spiro atoms. The molecular formula is C12H8Cl2F2N2. The number of nitrogens with two attached hydrogens (primary N) is 1. The summed E-state index contributed by atoms with van der Waals surface area (Å²) in [6.45, 7) is 0. The molecule has 0 radical (unpaired) electrons. The third-order valence-electron chi connectivity index (χ3n) is 2.30. The molecule has 2 aromatic carbocycles. The van der Waals surface area contributed by atoms with E-state index in [9.17, 15) is 8.78 Å². The van der Waals surface area contributed by atoms with E-state index < -0.39 is 11.6 Å². The molecule has 0 aromatic heterocycles. The summed E-state index contributed by atoms with van der Waals surface area (Å²) >= 11 is 11.7. The molecule has 0 atom stereocenters. The number of benzene rings is 2. The first-order valence-corrected chi connectivity index (χ1v) is 5.70. The van der Waals surface area contributed by atoms with Crippen LogP contribution in [0.3, 0.4) is 0 Å². The molecule has 18 heavy (non-hydrogen) atoms. The predicted octanol–water partition coefficient (Wildman–Crippen LogP) is 4.60. The Morgan fingerprint density at radius 1 is 1.00 bits per heavy atom. The highest BCUT2D eigenvalue weighted by atomic mass is 35.5. The van der Waals surface area contributed by atoms with Gasteiger partial charge in [0.05, 0.1) is 27.1 Å². The van der Waals surface area contributed by atoms with E-state index in [2.05, 4.69) is 5.32 Å². The minimum atomic E-state index is -0.820. The number of rotatable bonds is 2. The molecule has 0 fully saturated rings. The number of anilines is 3. The molecule has 94 valence electrons. The quantitative estimate of drug-likeness (QED) is 0.793. The van der Waals surface area contributed by atoms with Crippen molar-refractivity contribution in [3.63, 3.8) is 0 Å². The van der Waals surface area contributed by atoms with E-state index in [1.165, 1.54) is 0 Å². The minimum Gasteiger partial charge on any atom is -0.397 e. The van der Waals surface area contributed by atoms with Crippen molar-refractivity contribution in [1.82, 2.24) is 0 Å². The Hall–Kier alpha value is -1.52. The molecule has 6 heteroatoms. The average Bonchev–Trinajstić information content (AvgIpc) is 2.26. The lowest BCUT2D eigenvalue weighted by molar-refractivity contribution is 0.586. The van der Waals surface area contributed by atoms with Crippen LogP contribution < -0.4 is 11.1 Å². The number of nitrogen functional groups attached to an aromatic ring is 1. The molecular weight excluding hydrogens is 281 g/mol. The van der Waals surface area contributed by atoms with E-state index in [1.807, 2.05) is 0 Å².